The van der Waals surface area contributed by atoms with Crippen LogP contribution in [0.25, 0.3) is 0 Å². The highest BCUT2D eigenvalue weighted by atomic mass is 35.5. The number of hydrogen-bond donors (Lipinski definition) is 2. The minimum Gasteiger partial charge on any atom is -0.387 e. The van der Waals surface area contributed by atoms with Crippen molar-refractivity contribution in [2.75, 3.05) is 11.9 Å². The lowest BCUT2D eigenvalue weighted by Crippen LogP contribution is -2.14. The predicted octanol–water partition coefficient (Wildman–Crippen LogP) is 2.18. The van der Waals surface area contributed by atoms with Crippen LogP contribution in [0.2, 0.25) is 5.15 Å². The Labute approximate surface area is 119 Å². The van der Waals surface area contributed by atoms with Crippen molar-refractivity contribution >= 4 is 23.1 Å². The van der Waals surface area contributed by atoms with E-state index in [1.165, 1.54) is 0 Å². The molecule has 0 fully saturated rings. The molecule has 0 amide bonds. The molecule has 0 saturated heterocycles. The van der Waals surface area contributed by atoms with Crippen LogP contribution in [0, 0.1) is 10.1 Å². The number of aliphatic hydroxyl groups excluding tert-OH is 1. The molecule has 0 bridgehead atoms. The van der Waals surface area contributed by atoms with E-state index in [9.17, 15) is 15.2 Å². The van der Waals surface area contributed by atoms with Gasteiger partial charge in [0.1, 0.15) is 6.33 Å². The Hall–Kier alpha value is -2.25. The second kappa shape index (κ2) is 6.27. The summed E-state index contributed by atoms with van der Waals surface area (Å²) in [6, 6.07) is 8.94. The zero-order valence-corrected chi connectivity index (χ0v) is 11.0. The Morgan fingerprint density at radius 2 is 2.05 bits per heavy atom. The maximum Gasteiger partial charge on any atom is 0.348 e. The summed E-state index contributed by atoms with van der Waals surface area (Å²) in [6.45, 7) is 0.0677. The van der Waals surface area contributed by atoms with Gasteiger partial charge in [-0.1, -0.05) is 41.9 Å². The maximum atomic E-state index is 10.9. The lowest BCUT2D eigenvalue weighted by atomic mass is 10.1. The standard InChI is InChI=1S/C12H11ClN4O3/c13-11-10(17(19)20)12(16-7-15-11)14-6-9(18)8-4-2-1-3-5-8/h1-5,7,9,18H,6H2,(H,14,15,16). The van der Waals surface area contributed by atoms with Crippen molar-refractivity contribution in [1.29, 1.82) is 0 Å². The fourth-order valence-electron chi connectivity index (χ4n) is 1.63. The molecule has 0 aliphatic heterocycles. The van der Waals surface area contributed by atoms with Gasteiger partial charge in [-0.2, -0.15) is 0 Å². The van der Waals surface area contributed by atoms with Gasteiger partial charge in [0, 0.05) is 6.54 Å². The van der Waals surface area contributed by atoms with Gasteiger partial charge in [-0.05, 0) is 5.56 Å². The van der Waals surface area contributed by atoms with Crippen LogP contribution in [0.3, 0.4) is 0 Å². The lowest BCUT2D eigenvalue weighted by molar-refractivity contribution is -0.384. The molecular weight excluding hydrogens is 284 g/mol. The van der Waals surface area contributed by atoms with Crippen molar-refractivity contribution in [3.05, 3.63) is 57.5 Å². The molecule has 1 aromatic carbocycles. The number of aromatic nitrogens is 2. The number of rotatable bonds is 5. The van der Waals surface area contributed by atoms with E-state index in [0.717, 1.165) is 6.33 Å². The molecule has 7 nitrogen and oxygen atoms in total. The third-order valence-electron chi connectivity index (χ3n) is 2.61. The van der Waals surface area contributed by atoms with E-state index < -0.39 is 16.7 Å². The van der Waals surface area contributed by atoms with Crippen molar-refractivity contribution in [3.8, 4) is 0 Å². The number of anilines is 1. The van der Waals surface area contributed by atoms with E-state index in [1.807, 2.05) is 6.07 Å². The molecular formula is C12H11ClN4O3. The van der Waals surface area contributed by atoms with E-state index in [2.05, 4.69) is 15.3 Å². The molecule has 2 aromatic rings. The fraction of sp³-hybridized carbons (Fsp3) is 0.167. The molecule has 20 heavy (non-hydrogen) atoms. The summed E-state index contributed by atoms with van der Waals surface area (Å²) in [4.78, 5) is 17.6. The molecule has 0 aliphatic carbocycles. The molecule has 0 radical (unpaired) electrons. The second-order valence-electron chi connectivity index (χ2n) is 3.93. The predicted molar refractivity (Wildman–Crippen MR) is 73.6 cm³/mol. The van der Waals surface area contributed by atoms with Crippen molar-refractivity contribution in [3.63, 3.8) is 0 Å². The van der Waals surface area contributed by atoms with Crippen LogP contribution in [0.5, 0.6) is 0 Å². The minimum absolute atomic E-state index is 0.0232. The van der Waals surface area contributed by atoms with Gasteiger partial charge in [0.2, 0.25) is 11.0 Å². The van der Waals surface area contributed by atoms with Crippen LogP contribution >= 0.6 is 11.6 Å². The van der Waals surface area contributed by atoms with Gasteiger partial charge < -0.3 is 10.4 Å². The molecule has 1 aromatic heterocycles. The summed E-state index contributed by atoms with van der Waals surface area (Å²) in [5, 5.41) is 23.3. The van der Waals surface area contributed by atoms with E-state index in [4.69, 9.17) is 11.6 Å². The summed E-state index contributed by atoms with van der Waals surface area (Å²) >= 11 is 5.66. The smallest absolute Gasteiger partial charge is 0.348 e. The average molecular weight is 295 g/mol. The first kappa shape index (κ1) is 14.2. The van der Waals surface area contributed by atoms with Gasteiger partial charge in [0.25, 0.3) is 0 Å². The summed E-state index contributed by atoms with van der Waals surface area (Å²) in [7, 11) is 0. The average Bonchev–Trinajstić information content (AvgIpc) is 2.45. The van der Waals surface area contributed by atoms with Crippen LogP contribution in [0.4, 0.5) is 11.5 Å². The third-order valence-corrected chi connectivity index (χ3v) is 2.88. The summed E-state index contributed by atoms with van der Waals surface area (Å²) in [6.07, 6.45) is 0.302. The number of aliphatic hydroxyl groups is 1. The molecule has 104 valence electrons. The van der Waals surface area contributed by atoms with Crippen LogP contribution in [0.15, 0.2) is 36.7 Å². The highest BCUT2D eigenvalue weighted by Crippen LogP contribution is 2.28. The Morgan fingerprint density at radius 3 is 2.70 bits per heavy atom. The van der Waals surface area contributed by atoms with Gasteiger partial charge in [0.15, 0.2) is 0 Å². The second-order valence-corrected chi connectivity index (χ2v) is 4.28. The number of benzene rings is 1. The monoisotopic (exact) mass is 294 g/mol. The molecule has 1 unspecified atom stereocenters. The zero-order valence-electron chi connectivity index (χ0n) is 10.2. The van der Waals surface area contributed by atoms with Gasteiger partial charge in [-0.15, -0.1) is 0 Å². The first-order valence-corrected chi connectivity index (χ1v) is 6.09. The van der Waals surface area contributed by atoms with Crippen LogP contribution in [0.1, 0.15) is 11.7 Å². The summed E-state index contributed by atoms with van der Waals surface area (Å²) < 4.78 is 0. The largest absolute Gasteiger partial charge is 0.387 e. The number of hydrogen-bond acceptors (Lipinski definition) is 6. The van der Waals surface area contributed by atoms with Crippen molar-refractivity contribution in [2.24, 2.45) is 0 Å². The normalized spacial score (nSPS) is 11.9. The van der Waals surface area contributed by atoms with Gasteiger partial charge in [0.05, 0.1) is 11.0 Å². The molecule has 1 heterocycles. The van der Waals surface area contributed by atoms with Crippen molar-refractivity contribution < 1.29 is 10.0 Å². The first-order chi connectivity index (χ1) is 9.59. The topological polar surface area (TPSA) is 101 Å². The van der Waals surface area contributed by atoms with Crippen LogP contribution in [-0.4, -0.2) is 26.5 Å². The molecule has 0 spiro atoms. The van der Waals surface area contributed by atoms with Gasteiger partial charge in [-0.3, -0.25) is 10.1 Å². The third kappa shape index (κ3) is 3.19. The van der Waals surface area contributed by atoms with Crippen molar-refractivity contribution in [1.82, 2.24) is 9.97 Å². The van der Waals surface area contributed by atoms with Crippen LogP contribution < -0.4 is 5.32 Å². The minimum atomic E-state index is -0.815. The highest BCUT2D eigenvalue weighted by Gasteiger charge is 2.21. The molecule has 1 atom stereocenters. The van der Waals surface area contributed by atoms with E-state index in [1.54, 1.807) is 24.3 Å². The molecule has 8 heteroatoms. The van der Waals surface area contributed by atoms with E-state index in [-0.39, 0.29) is 17.5 Å². The molecule has 0 aliphatic rings. The van der Waals surface area contributed by atoms with Crippen molar-refractivity contribution in [2.45, 2.75) is 6.10 Å². The van der Waals surface area contributed by atoms with Gasteiger partial charge in [-0.25, -0.2) is 9.97 Å². The Bertz CT molecular complexity index is 609. The van der Waals surface area contributed by atoms with E-state index in [0.29, 0.717) is 5.56 Å². The summed E-state index contributed by atoms with van der Waals surface area (Å²) in [5.74, 6) is -0.0232. The Morgan fingerprint density at radius 1 is 1.35 bits per heavy atom. The Kier molecular flexibility index (Phi) is 4.44. The molecule has 0 saturated carbocycles. The molecule has 2 N–H and O–H groups in total. The quantitative estimate of drug-likeness (QED) is 0.498. The lowest BCUT2D eigenvalue weighted by Gasteiger charge is -2.12. The summed E-state index contributed by atoms with van der Waals surface area (Å²) in [5.41, 5.74) is 0.289. The number of nitrogens with one attached hydrogen (secondary N) is 1. The number of nitrogens with zero attached hydrogens (tertiary/aromatic N) is 3. The van der Waals surface area contributed by atoms with Crippen LogP contribution in [-0.2, 0) is 0 Å². The Balaban J connectivity index is 2.12. The van der Waals surface area contributed by atoms with Gasteiger partial charge >= 0.3 is 5.69 Å². The fourth-order valence-corrected chi connectivity index (χ4v) is 1.84. The van der Waals surface area contributed by atoms with E-state index >= 15 is 0 Å². The number of halogens is 1. The maximum absolute atomic E-state index is 10.9. The molecule has 2 rings (SSSR count). The number of nitro groups is 1. The highest BCUT2D eigenvalue weighted by molar-refractivity contribution is 6.31. The zero-order chi connectivity index (χ0) is 14.5. The SMILES string of the molecule is O=[N+]([O-])c1c(Cl)ncnc1NCC(O)c1ccccc1. The first-order valence-electron chi connectivity index (χ1n) is 5.71.